The molecule has 8 nitrogen and oxygen atoms in total. The fourth-order valence-corrected chi connectivity index (χ4v) is 6.00. The van der Waals surface area contributed by atoms with Gasteiger partial charge in [-0.05, 0) is 75.4 Å². The van der Waals surface area contributed by atoms with E-state index in [2.05, 4.69) is 10.5 Å². The van der Waals surface area contributed by atoms with Crippen LogP contribution in [0.4, 0.5) is 5.69 Å². The maximum absolute atomic E-state index is 13.6. The van der Waals surface area contributed by atoms with Gasteiger partial charge in [0.05, 0.1) is 39.6 Å². The summed E-state index contributed by atoms with van der Waals surface area (Å²) < 4.78 is 35.3. The minimum Gasteiger partial charge on any atom is -0.497 e. The van der Waals surface area contributed by atoms with Gasteiger partial charge in [0.2, 0.25) is 0 Å². The lowest BCUT2D eigenvalue weighted by Crippen LogP contribution is -2.39. The van der Waals surface area contributed by atoms with Crippen molar-refractivity contribution in [2.75, 3.05) is 18.0 Å². The molecule has 0 saturated heterocycles. The maximum Gasteiger partial charge on any atom is 0.264 e. The van der Waals surface area contributed by atoms with E-state index >= 15 is 0 Å². The molecule has 0 bridgehead atoms. The predicted octanol–water partition coefficient (Wildman–Crippen LogP) is 6.06. The number of aryl methyl sites for hydroxylation is 2. The van der Waals surface area contributed by atoms with Crippen molar-refractivity contribution >= 4 is 51.0 Å². The van der Waals surface area contributed by atoms with Gasteiger partial charge >= 0.3 is 0 Å². The van der Waals surface area contributed by atoms with Crippen molar-refractivity contribution in [2.24, 2.45) is 5.10 Å². The predicted molar refractivity (Wildman–Crippen MR) is 160 cm³/mol. The number of amides is 1. The van der Waals surface area contributed by atoms with Crippen molar-refractivity contribution in [1.82, 2.24) is 9.99 Å². The van der Waals surface area contributed by atoms with Crippen molar-refractivity contribution in [3.63, 3.8) is 0 Å². The molecule has 0 unspecified atom stereocenters. The standard InChI is InChI=1S/C29H28Cl2N4O4S/c1-19-8-14-25(15-9-19)40(37,38)34(23-10-12-24(39-4)13-11-23)18-28(36)33-32-17-22-16-20(2)35(21(22)3)27-7-5-6-26(30)29(27)31/h5-17H,18H2,1-4H3,(H,33,36)/b32-17-. The van der Waals surface area contributed by atoms with Crippen LogP contribution < -0.4 is 14.5 Å². The average Bonchev–Trinajstić information content (AvgIpc) is 3.21. The summed E-state index contributed by atoms with van der Waals surface area (Å²) in [5.41, 5.74) is 6.87. The van der Waals surface area contributed by atoms with Crippen LogP contribution in [0, 0.1) is 20.8 Å². The number of halogens is 2. The first-order chi connectivity index (χ1) is 19.0. The first-order valence-corrected chi connectivity index (χ1v) is 14.4. The van der Waals surface area contributed by atoms with Gasteiger partial charge in [0.25, 0.3) is 15.9 Å². The first-order valence-electron chi connectivity index (χ1n) is 12.2. The molecule has 0 aliphatic rings. The number of benzene rings is 3. The van der Waals surface area contributed by atoms with Crippen LogP contribution in [0.1, 0.15) is 22.5 Å². The summed E-state index contributed by atoms with van der Waals surface area (Å²) in [5, 5.41) is 4.96. The molecule has 4 rings (SSSR count). The molecule has 0 spiro atoms. The molecule has 4 aromatic rings. The fraction of sp³-hybridized carbons (Fsp3) is 0.172. The third-order valence-electron chi connectivity index (χ3n) is 6.29. The number of rotatable bonds is 9. The van der Waals surface area contributed by atoms with E-state index in [1.807, 2.05) is 43.5 Å². The molecule has 40 heavy (non-hydrogen) atoms. The van der Waals surface area contributed by atoms with Crippen LogP contribution in [0.2, 0.25) is 10.0 Å². The second-order valence-corrected chi connectivity index (χ2v) is 11.7. The van der Waals surface area contributed by atoms with E-state index in [1.54, 1.807) is 42.5 Å². The van der Waals surface area contributed by atoms with Gasteiger partial charge < -0.3 is 9.30 Å². The monoisotopic (exact) mass is 598 g/mol. The van der Waals surface area contributed by atoms with Crippen LogP contribution in [0.3, 0.4) is 0 Å². The number of hydrazone groups is 1. The lowest BCUT2D eigenvalue weighted by molar-refractivity contribution is -0.119. The summed E-state index contributed by atoms with van der Waals surface area (Å²) >= 11 is 12.6. The number of carbonyl (C=O) groups is 1. The molecular formula is C29H28Cl2N4O4S. The van der Waals surface area contributed by atoms with Crippen LogP contribution in [0.15, 0.2) is 82.8 Å². The maximum atomic E-state index is 13.6. The smallest absolute Gasteiger partial charge is 0.264 e. The summed E-state index contributed by atoms with van der Waals surface area (Å²) in [4.78, 5) is 13.0. The summed E-state index contributed by atoms with van der Waals surface area (Å²) in [6, 6.07) is 20.1. The Balaban J connectivity index is 1.57. The van der Waals surface area contributed by atoms with Gasteiger partial charge in [0, 0.05) is 17.0 Å². The molecule has 208 valence electrons. The number of anilines is 1. The van der Waals surface area contributed by atoms with Crippen LogP contribution in [0.25, 0.3) is 5.69 Å². The number of methoxy groups -OCH3 is 1. The van der Waals surface area contributed by atoms with Crippen molar-refractivity contribution < 1.29 is 17.9 Å². The highest BCUT2D eigenvalue weighted by atomic mass is 35.5. The average molecular weight is 600 g/mol. The lowest BCUT2D eigenvalue weighted by atomic mass is 10.2. The number of nitrogens with zero attached hydrogens (tertiary/aromatic N) is 3. The molecule has 1 heterocycles. The second-order valence-electron chi connectivity index (χ2n) is 9.05. The van der Waals surface area contributed by atoms with E-state index in [1.165, 1.54) is 25.5 Å². The molecule has 1 N–H and O–H groups in total. The highest BCUT2D eigenvalue weighted by Crippen LogP contribution is 2.31. The molecule has 11 heteroatoms. The van der Waals surface area contributed by atoms with Gasteiger partial charge in [-0.25, -0.2) is 13.8 Å². The van der Waals surface area contributed by atoms with E-state index < -0.39 is 22.5 Å². The van der Waals surface area contributed by atoms with Crippen molar-refractivity contribution in [3.8, 4) is 11.4 Å². The number of aromatic nitrogens is 1. The van der Waals surface area contributed by atoms with Gasteiger partial charge in [0.1, 0.15) is 12.3 Å². The van der Waals surface area contributed by atoms with Crippen LogP contribution >= 0.6 is 23.2 Å². The molecule has 0 aliphatic heterocycles. The SMILES string of the molecule is COc1ccc(N(CC(=O)N/N=C\c2cc(C)n(-c3cccc(Cl)c3Cl)c2C)S(=O)(=O)c2ccc(C)cc2)cc1. The van der Waals surface area contributed by atoms with Gasteiger partial charge in [-0.15, -0.1) is 0 Å². The van der Waals surface area contributed by atoms with Gasteiger partial charge in [-0.3, -0.25) is 9.10 Å². The number of sulfonamides is 1. The zero-order chi connectivity index (χ0) is 29.0. The van der Waals surface area contributed by atoms with E-state index in [4.69, 9.17) is 27.9 Å². The third-order valence-corrected chi connectivity index (χ3v) is 8.89. The lowest BCUT2D eigenvalue weighted by Gasteiger charge is -2.24. The number of nitrogens with one attached hydrogen (secondary N) is 1. The van der Waals surface area contributed by atoms with Crippen molar-refractivity contribution in [1.29, 1.82) is 0 Å². The molecule has 0 saturated carbocycles. The number of carbonyl (C=O) groups excluding carboxylic acids is 1. The largest absolute Gasteiger partial charge is 0.497 e. The molecule has 3 aromatic carbocycles. The zero-order valence-electron chi connectivity index (χ0n) is 22.4. The summed E-state index contributed by atoms with van der Waals surface area (Å²) in [6.07, 6.45) is 1.50. The molecule has 0 atom stereocenters. The van der Waals surface area contributed by atoms with E-state index in [-0.39, 0.29) is 4.90 Å². The normalized spacial score (nSPS) is 11.6. The number of hydrogen-bond donors (Lipinski definition) is 1. The number of hydrogen-bond acceptors (Lipinski definition) is 5. The number of ether oxygens (including phenoxy) is 1. The van der Waals surface area contributed by atoms with Gasteiger partial charge in [-0.1, -0.05) is 47.0 Å². The first kappa shape index (κ1) is 29.2. The Hall–Kier alpha value is -3.79. The highest BCUT2D eigenvalue weighted by molar-refractivity contribution is 7.92. The highest BCUT2D eigenvalue weighted by Gasteiger charge is 2.27. The second kappa shape index (κ2) is 12.2. The summed E-state index contributed by atoms with van der Waals surface area (Å²) in [6.45, 7) is 5.19. The summed E-state index contributed by atoms with van der Waals surface area (Å²) in [7, 11) is -2.54. The van der Waals surface area contributed by atoms with Crippen LogP contribution in [-0.4, -0.2) is 38.8 Å². The Bertz CT molecular complexity index is 1670. The molecule has 0 fully saturated rings. The molecule has 1 aromatic heterocycles. The zero-order valence-corrected chi connectivity index (χ0v) is 24.7. The van der Waals surface area contributed by atoms with Gasteiger partial charge in [0.15, 0.2) is 0 Å². The summed E-state index contributed by atoms with van der Waals surface area (Å²) in [5.74, 6) is -0.0587. The topological polar surface area (TPSA) is 93.0 Å². The van der Waals surface area contributed by atoms with E-state index in [9.17, 15) is 13.2 Å². The van der Waals surface area contributed by atoms with Crippen molar-refractivity contribution in [3.05, 3.63) is 105 Å². The Kier molecular flexibility index (Phi) is 8.88. The van der Waals surface area contributed by atoms with Crippen molar-refractivity contribution in [2.45, 2.75) is 25.7 Å². The van der Waals surface area contributed by atoms with Crippen LogP contribution in [0.5, 0.6) is 5.75 Å². The van der Waals surface area contributed by atoms with Crippen LogP contribution in [-0.2, 0) is 14.8 Å². The Morgan fingerprint density at radius 3 is 2.35 bits per heavy atom. The Labute approximate surface area is 243 Å². The van der Waals surface area contributed by atoms with E-state index in [0.29, 0.717) is 21.5 Å². The molecule has 0 aliphatic carbocycles. The quantitative estimate of drug-likeness (QED) is 0.187. The molecule has 0 radical (unpaired) electrons. The Morgan fingerprint density at radius 1 is 1.02 bits per heavy atom. The molecular weight excluding hydrogens is 571 g/mol. The van der Waals surface area contributed by atoms with Gasteiger partial charge in [-0.2, -0.15) is 5.10 Å². The van der Waals surface area contributed by atoms with E-state index in [0.717, 1.165) is 32.5 Å². The fourth-order valence-electron chi connectivity index (χ4n) is 4.19. The molecule has 1 amide bonds. The third kappa shape index (κ3) is 6.17. The Morgan fingerprint density at radius 2 is 1.70 bits per heavy atom. The minimum absolute atomic E-state index is 0.0670. The minimum atomic E-state index is -4.06.